The average Bonchev–Trinajstić information content (AvgIpc) is 2.93. The van der Waals surface area contributed by atoms with Crippen molar-refractivity contribution in [3.05, 3.63) is 0 Å². The fourth-order valence-corrected chi connectivity index (χ4v) is 5.35. The van der Waals surface area contributed by atoms with Gasteiger partial charge in [-0.1, -0.05) is 6.42 Å². The first-order valence-corrected chi connectivity index (χ1v) is 8.41. The molecule has 4 atom stereocenters. The van der Waals surface area contributed by atoms with Crippen LogP contribution >= 0.6 is 11.8 Å². The van der Waals surface area contributed by atoms with Gasteiger partial charge in [0.1, 0.15) is 0 Å². The first kappa shape index (κ1) is 12.8. The number of carboxylic acids is 1. The van der Waals surface area contributed by atoms with Crippen molar-refractivity contribution in [3.8, 4) is 0 Å². The molecular weight excluding hydrogens is 246 g/mol. The summed E-state index contributed by atoms with van der Waals surface area (Å²) in [5, 5.41) is 9.01. The normalized spacial score (nSPS) is 40.2. The molecule has 1 aliphatic heterocycles. The van der Waals surface area contributed by atoms with Crippen molar-refractivity contribution in [2.45, 2.75) is 38.1 Å². The summed E-state index contributed by atoms with van der Waals surface area (Å²) in [6.45, 7) is 2.26. The largest absolute Gasteiger partial charge is 0.481 e. The molecule has 1 saturated heterocycles. The van der Waals surface area contributed by atoms with E-state index in [9.17, 15) is 4.79 Å². The molecule has 4 unspecified atom stereocenters. The molecule has 3 nitrogen and oxygen atoms in total. The van der Waals surface area contributed by atoms with E-state index in [0.717, 1.165) is 30.1 Å². The summed E-state index contributed by atoms with van der Waals surface area (Å²) in [4.78, 5) is 13.4. The van der Waals surface area contributed by atoms with Crippen LogP contribution in [0.3, 0.4) is 0 Å². The lowest BCUT2D eigenvalue weighted by Gasteiger charge is -2.38. The zero-order valence-corrected chi connectivity index (χ0v) is 11.7. The molecule has 3 fully saturated rings. The van der Waals surface area contributed by atoms with Crippen LogP contribution in [0.25, 0.3) is 0 Å². The number of rotatable bonds is 4. The minimum atomic E-state index is -0.638. The topological polar surface area (TPSA) is 40.5 Å². The number of hydrogen-bond acceptors (Lipinski definition) is 3. The number of nitrogens with zero attached hydrogens (tertiary/aromatic N) is 1. The monoisotopic (exact) mass is 269 g/mol. The number of aliphatic carboxylic acids is 1. The number of hydrogen-bond donors (Lipinski definition) is 1. The summed E-state index contributed by atoms with van der Waals surface area (Å²) in [5.41, 5.74) is 0. The minimum absolute atomic E-state index is 0.278. The van der Waals surface area contributed by atoms with Crippen LogP contribution in [0, 0.1) is 17.8 Å². The molecule has 0 amide bonds. The zero-order chi connectivity index (χ0) is 12.5. The highest BCUT2D eigenvalue weighted by molar-refractivity contribution is 7.99. The summed E-state index contributed by atoms with van der Waals surface area (Å²) in [7, 11) is 0. The van der Waals surface area contributed by atoms with E-state index in [1.54, 1.807) is 0 Å². The van der Waals surface area contributed by atoms with Gasteiger partial charge in [-0.05, 0) is 37.0 Å². The van der Waals surface area contributed by atoms with Crippen molar-refractivity contribution in [2.75, 3.05) is 24.6 Å². The van der Waals surface area contributed by atoms with Crippen LogP contribution in [-0.2, 0) is 4.79 Å². The molecule has 2 bridgehead atoms. The predicted molar refractivity (Wildman–Crippen MR) is 73.9 cm³/mol. The quantitative estimate of drug-likeness (QED) is 0.850. The molecule has 0 spiro atoms. The fraction of sp³-hybridized carbons (Fsp3) is 0.929. The van der Waals surface area contributed by atoms with Crippen LogP contribution in [0.4, 0.5) is 0 Å². The van der Waals surface area contributed by atoms with E-state index in [0.29, 0.717) is 6.42 Å². The van der Waals surface area contributed by atoms with Gasteiger partial charge >= 0.3 is 5.97 Å². The van der Waals surface area contributed by atoms with Gasteiger partial charge in [-0.2, -0.15) is 11.8 Å². The molecular formula is C14H23NO2S. The van der Waals surface area contributed by atoms with Crippen molar-refractivity contribution < 1.29 is 9.90 Å². The van der Waals surface area contributed by atoms with Crippen molar-refractivity contribution in [1.29, 1.82) is 0 Å². The van der Waals surface area contributed by atoms with E-state index < -0.39 is 5.97 Å². The van der Waals surface area contributed by atoms with Crippen LogP contribution in [0.2, 0.25) is 0 Å². The van der Waals surface area contributed by atoms with Crippen molar-refractivity contribution in [1.82, 2.24) is 4.90 Å². The third-order valence-electron chi connectivity index (χ3n) is 5.11. The third kappa shape index (κ3) is 2.69. The Bertz CT molecular complexity index is 323. The molecule has 102 valence electrons. The standard InChI is InChI=1S/C14H23NO2S/c16-14(17)7-13-9-18-4-3-15(13)8-12-6-10-1-2-11(12)5-10/h10-13H,1-9H2,(H,16,17). The second-order valence-corrected chi connectivity index (χ2v) is 7.41. The Morgan fingerprint density at radius 2 is 2.22 bits per heavy atom. The first-order chi connectivity index (χ1) is 8.72. The number of thioether (sulfide) groups is 1. The molecule has 0 aromatic rings. The predicted octanol–water partition coefficient (Wildman–Crippen LogP) is 2.31. The Hall–Kier alpha value is -0.220. The second kappa shape index (κ2) is 5.41. The summed E-state index contributed by atoms with van der Waals surface area (Å²) < 4.78 is 0. The van der Waals surface area contributed by atoms with E-state index in [4.69, 9.17) is 5.11 Å². The molecule has 18 heavy (non-hydrogen) atoms. The molecule has 0 aromatic heterocycles. The number of fused-ring (bicyclic) bond motifs is 2. The maximum absolute atomic E-state index is 10.9. The molecule has 4 heteroatoms. The Kier molecular flexibility index (Phi) is 3.85. The molecule has 1 N–H and O–H groups in total. The zero-order valence-electron chi connectivity index (χ0n) is 10.9. The summed E-state index contributed by atoms with van der Waals surface area (Å²) in [6, 6.07) is 0.278. The highest BCUT2D eigenvalue weighted by atomic mass is 32.2. The van der Waals surface area contributed by atoms with E-state index >= 15 is 0 Å². The lowest BCUT2D eigenvalue weighted by Crippen LogP contribution is -2.46. The highest BCUT2D eigenvalue weighted by Crippen LogP contribution is 2.48. The van der Waals surface area contributed by atoms with Gasteiger partial charge in [0, 0.05) is 30.6 Å². The van der Waals surface area contributed by atoms with Crippen LogP contribution in [0.15, 0.2) is 0 Å². The van der Waals surface area contributed by atoms with Gasteiger partial charge in [-0.3, -0.25) is 9.69 Å². The van der Waals surface area contributed by atoms with Gasteiger partial charge < -0.3 is 5.11 Å². The minimum Gasteiger partial charge on any atom is -0.481 e. The van der Waals surface area contributed by atoms with Crippen molar-refractivity contribution >= 4 is 17.7 Å². The van der Waals surface area contributed by atoms with Crippen molar-refractivity contribution in [2.24, 2.45) is 17.8 Å². The number of carboxylic acid groups (broad SMARTS) is 1. The molecule has 3 aliphatic rings. The van der Waals surface area contributed by atoms with Crippen LogP contribution in [0.5, 0.6) is 0 Å². The molecule has 2 saturated carbocycles. The van der Waals surface area contributed by atoms with Crippen LogP contribution in [0.1, 0.15) is 32.1 Å². The second-order valence-electron chi connectivity index (χ2n) is 6.26. The molecule has 0 aromatic carbocycles. The Morgan fingerprint density at radius 1 is 1.33 bits per heavy atom. The van der Waals surface area contributed by atoms with Crippen LogP contribution < -0.4 is 0 Å². The van der Waals surface area contributed by atoms with Gasteiger partial charge in [0.25, 0.3) is 0 Å². The van der Waals surface area contributed by atoms with E-state index in [-0.39, 0.29) is 6.04 Å². The third-order valence-corrected chi connectivity index (χ3v) is 6.20. The smallest absolute Gasteiger partial charge is 0.304 e. The highest BCUT2D eigenvalue weighted by Gasteiger charge is 2.41. The average molecular weight is 269 g/mol. The maximum atomic E-state index is 10.9. The molecule has 3 rings (SSSR count). The summed E-state index contributed by atoms with van der Waals surface area (Å²) >= 11 is 1.92. The Labute approximate surface area is 113 Å². The fourth-order valence-electron chi connectivity index (χ4n) is 4.22. The van der Waals surface area contributed by atoms with Crippen molar-refractivity contribution in [3.63, 3.8) is 0 Å². The SMILES string of the molecule is O=C(O)CC1CSCCN1CC1CC2CCC1C2. The number of carbonyl (C=O) groups is 1. The van der Waals surface area contributed by atoms with Gasteiger partial charge in [-0.25, -0.2) is 0 Å². The van der Waals surface area contributed by atoms with Gasteiger partial charge in [-0.15, -0.1) is 0 Å². The molecule has 0 radical (unpaired) electrons. The molecule has 1 heterocycles. The van der Waals surface area contributed by atoms with E-state index in [1.807, 2.05) is 11.8 Å². The Balaban J connectivity index is 1.57. The lowest BCUT2D eigenvalue weighted by atomic mass is 9.88. The van der Waals surface area contributed by atoms with Crippen LogP contribution in [-0.4, -0.2) is 46.6 Å². The van der Waals surface area contributed by atoms with Gasteiger partial charge in [0.15, 0.2) is 0 Å². The summed E-state index contributed by atoms with van der Waals surface area (Å²) in [5.74, 6) is 4.36. The molecule has 2 aliphatic carbocycles. The van der Waals surface area contributed by atoms with Gasteiger partial charge in [0.05, 0.1) is 6.42 Å². The Morgan fingerprint density at radius 3 is 2.89 bits per heavy atom. The van der Waals surface area contributed by atoms with Gasteiger partial charge in [0.2, 0.25) is 0 Å². The summed E-state index contributed by atoms with van der Waals surface area (Å²) in [6.07, 6.45) is 6.08. The van der Waals surface area contributed by atoms with E-state index in [1.165, 1.54) is 38.0 Å². The lowest BCUT2D eigenvalue weighted by molar-refractivity contribution is -0.138. The van der Waals surface area contributed by atoms with E-state index in [2.05, 4.69) is 4.90 Å². The maximum Gasteiger partial charge on any atom is 0.304 e. The first-order valence-electron chi connectivity index (χ1n) is 7.26.